The number of aryl methyl sites for hydroxylation is 2. The first-order valence-electron chi connectivity index (χ1n) is 6.05. The molecule has 1 aromatic carbocycles. The molecule has 102 valence electrons. The maximum Gasteiger partial charge on any atom is 0.241 e. The summed E-state index contributed by atoms with van der Waals surface area (Å²) in [6, 6.07) is 5.30. The van der Waals surface area contributed by atoms with Gasteiger partial charge >= 0.3 is 0 Å². The van der Waals surface area contributed by atoms with Crippen LogP contribution in [0.4, 0.5) is 0 Å². The molecular weight excluding hydrogens is 248 g/mol. The van der Waals surface area contributed by atoms with Crippen molar-refractivity contribution in [2.24, 2.45) is 5.73 Å². The van der Waals surface area contributed by atoms with Gasteiger partial charge in [0.05, 0.1) is 4.90 Å². The van der Waals surface area contributed by atoms with Gasteiger partial charge in [-0.15, -0.1) is 0 Å². The Hall–Kier alpha value is -0.910. The summed E-state index contributed by atoms with van der Waals surface area (Å²) in [5.74, 6) is 0. The molecule has 0 spiro atoms. The van der Waals surface area contributed by atoms with E-state index in [9.17, 15) is 8.42 Å². The predicted octanol–water partition coefficient (Wildman–Crippen LogP) is 1.71. The molecule has 4 nitrogen and oxygen atoms in total. The molecule has 0 amide bonds. The second kappa shape index (κ2) is 5.38. The molecule has 0 aliphatic rings. The lowest BCUT2D eigenvalue weighted by Gasteiger charge is -2.27. The molecule has 0 bridgehead atoms. The summed E-state index contributed by atoms with van der Waals surface area (Å²) in [6.45, 7) is 7.74. The molecular formula is C13H22N2O2S. The van der Waals surface area contributed by atoms with Crippen LogP contribution in [0.5, 0.6) is 0 Å². The van der Waals surface area contributed by atoms with E-state index in [2.05, 4.69) is 4.72 Å². The van der Waals surface area contributed by atoms with Crippen LogP contribution in [0, 0.1) is 13.8 Å². The van der Waals surface area contributed by atoms with E-state index >= 15 is 0 Å². The van der Waals surface area contributed by atoms with Crippen LogP contribution >= 0.6 is 0 Å². The number of nitrogens with two attached hydrogens (primary N) is 1. The highest BCUT2D eigenvalue weighted by Gasteiger charge is 2.28. The zero-order chi connectivity index (χ0) is 14.0. The number of rotatable bonds is 5. The zero-order valence-corrected chi connectivity index (χ0v) is 12.3. The van der Waals surface area contributed by atoms with Crippen molar-refractivity contribution in [2.45, 2.75) is 44.6 Å². The largest absolute Gasteiger partial charge is 0.329 e. The molecule has 0 fully saturated rings. The molecule has 0 saturated heterocycles. The molecule has 1 rings (SSSR count). The van der Waals surface area contributed by atoms with Gasteiger partial charge in [-0.3, -0.25) is 0 Å². The minimum atomic E-state index is -3.52. The third kappa shape index (κ3) is 3.31. The molecule has 1 unspecified atom stereocenters. The summed E-state index contributed by atoms with van der Waals surface area (Å²) in [5, 5.41) is 0. The highest BCUT2D eigenvalue weighted by Crippen LogP contribution is 2.19. The molecule has 3 N–H and O–H groups in total. The van der Waals surface area contributed by atoms with E-state index in [0.717, 1.165) is 11.1 Å². The SMILES string of the molecule is CCC(C)(CN)NS(=O)(=O)c1ccc(C)cc1C. The van der Waals surface area contributed by atoms with Crippen molar-refractivity contribution in [3.05, 3.63) is 29.3 Å². The minimum absolute atomic E-state index is 0.271. The average Bonchev–Trinajstić information content (AvgIpc) is 2.27. The Morgan fingerprint density at radius 3 is 2.39 bits per heavy atom. The predicted molar refractivity (Wildman–Crippen MR) is 74.0 cm³/mol. The molecule has 5 heteroatoms. The van der Waals surface area contributed by atoms with Gasteiger partial charge in [-0.1, -0.05) is 24.6 Å². The van der Waals surface area contributed by atoms with E-state index in [-0.39, 0.29) is 6.54 Å². The first kappa shape index (κ1) is 15.1. The lowest BCUT2D eigenvalue weighted by Crippen LogP contribution is -2.50. The van der Waals surface area contributed by atoms with E-state index in [1.165, 1.54) is 0 Å². The molecule has 0 aromatic heterocycles. The van der Waals surface area contributed by atoms with Gasteiger partial charge in [0, 0.05) is 12.1 Å². The highest BCUT2D eigenvalue weighted by molar-refractivity contribution is 7.89. The summed E-state index contributed by atoms with van der Waals surface area (Å²) in [4.78, 5) is 0.321. The van der Waals surface area contributed by atoms with Crippen molar-refractivity contribution in [1.29, 1.82) is 0 Å². The fourth-order valence-corrected chi connectivity index (χ4v) is 3.45. The fraction of sp³-hybridized carbons (Fsp3) is 0.538. The van der Waals surface area contributed by atoms with Crippen molar-refractivity contribution in [3.63, 3.8) is 0 Å². The molecule has 0 aliphatic heterocycles. The fourth-order valence-electron chi connectivity index (χ4n) is 1.74. The van der Waals surface area contributed by atoms with Gasteiger partial charge in [0.2, 0.25) is 10.0 Å². The lowest BCUT2D eigenvalue weighted by atomic mass is 10.0. The number of hydrogen-bond acceptors (Lipinski definition) is 3. The van der Waals surface area contributed by atoms with Gasteiger partial charge in [-0.25, -0.2) is 13.1 Å². The van der Waals surface area contributed by atoms with Gasteiger partial charge in [0.15, 0.2) is 0 Å². The van der Waals surface area contributed by atoms with Gasteiger partial charge < -0.3 is 5.73 Å². The smallest absolute Gasteiger partial charge is 0.241 e. The molecule has 0 heterocycles. The van der Waals surface area contributed by atoms with Crippen molar-refractivity contribution in [3.8, 4) is 0 Å². The molecule has 1 aromatic rings. The minimum Gasteiger partial charge on any atom is -0.329 e. The van der Waals surface area contributed by atoms with Crippen LogP contribution in [-0.4, -0.2) is 20.5 Å². The van der Waals surface area contributed by atoms with Crippen LogP contribution in [0.15, 0.2) is 23.1 Å². The molecule has 0 saturated carbocycles. The second-order valence-electron chi connectivity index (χ2n) is 4.99. The third-order valence-electron chi connectivity index (χ3n) is 3.23. The molecule has 1 atom stereocenters. The van der Waals surface area contributed by atoms with E-state index in [4.69, 9.17) is 5.73 Å². The first-order chi connectivity index (χ1) is 8.24. The van der Waals surface area contributed by atoms with Gasteiger partial charge in [-0.05, 0) is 38.8 Å². The summed E-state index contributed by atoms with van der Waals surface area (Å²) >= 11 is 0. The zero-order valence-electron chi connectivity index (χ0n) is 11.4. The Kier molecular flexibility index (Phi) is 4.53. The Bertz CT molecular complexity index is 520. The molecule has 0 radical (unpaired) electrons. The normalized spacial score (nSPS) is 15.4. The maximum absolute atomic E-state index is 12.3. The van der Waals surface area contributed by atoms with Crippen LogP contribution in [0.3, 0.4) is 0 Å². The molecule has 18 heavy (non-hydrogen) atoms. The summed E-state index contributed by atoms with van der Waals surface area (Å²) in [6.07, 6.45) is 0.646. The molecule has 0 aliphatic carbocycles. The quantitative estimate of drug-likeness (QED) is 0.855. The monoisotopic (exact) mass is 270 g/mol. The second-order valence-corrected chi connectivity index (χ2v) is 6.64. The van der Waals surface area contributed by atoms with E-state index in [0.29, 0.717) is 11.3 Å². The third-order valence-corrected chi connectivity index (χ3v) is 5.03. The van der Waals surface area contributed by atoms with Crippen LogP contribution in [-0.2, 0) is 10.0 Å². The first-order valence-corrected chi connectivity index (χ1v) is 7.54. The standard InChI is InChI=1S/C13H22N2O2S/c1-5-13(4,9-14)15-18(16,17)12-7-6-10(2)8-11(12)3/h6-8,15H,5,9,14H2,1-4H3. The van der Waals surface area contributed by atoms with Crippen LogP contribution in [0.2, 0.25) is 0 Å². The van der Waals surface area contributed by atoms with Crippen LogP contribution in [0.25, 0.3) is 0 Å². The van der Waals surface area contributed by atoms with Crippen LogP contribution < -0.4 is 10.5 Å². The lowest BCUT2D eigenvalue weighted by molar-refractivity contribution is 0.411. The maximum atomic E-state index is 12.3. The summed E-state index contributed by atoms with van der Waals surface area (Å²) in [7, 11) is -3.52. The van der Waals surface area contributed by atoms with Crippen molar-refractivity contribution >= 4 is 10.0 Å². The van der Waals surface area contributed by atoms with E-state index < -0.39 is 15.6 Å². The number of nitrogens with one attached hydrogen (secondary N) is 1. The Balaban J connectivity index is 3.15. The van der Waals surface area contributed by atoms with Crippen molar-refractivity contribution in [1.82, 2.24) is 4.72 Å². The van der Waals surface area contributed by atoms with Crippen molar-refractivity contribution in [2.75, 3.05) is 6.54 Å². The van der Waals surface area contributed by atoms with Crippen molar-refractivity contribution < 1.29 is 8.42 Å². The Labute approximate surface area is 110 Å². The van der Waals surface area contributed by atoms with E-state index in [1.807, 2.05) is 26.8 Å². The average molecular weight is 270 g/mol. The van der Waals surface area contributed by atoms with Gasteiger partial charge in [-0.2, -0.15) is 0 Å². The number of benzene rings is 1. The van der Waals surface area contributed by atoms with E-state index in [1.54, 1.807) is 19.1 Å². The number of sulfonamides is 1. The summed E-state index contributed by atoms with van der Waals surface area (Å²) in [5.41, 5.74) is 6.83. The van der Waals surface area contributed by atoms with Gasteiger partial charge in [0.1, 0.15) is 0 Å². The highest BCUT2D eigenvalue weighted by atomic mass is 32.2. The topological polar surface area (TPSA) is 72.2 Å². The van der Waals surface area contributed by atoms with Crippen LogP contribution in [0.1, 0.15) is 31.4 Å². The number of hydrogen-bond donors (Lipinski definition) is 2. The Morgan fingerprint density at radius 2 is 1.94 bits per heavy atom. The summed E-state index contributed by atoms with van der Waals surface area (Å²) < 4.78 is 27.4. The van der Waals surface area contributed by atoms with Gasteiger partial charge in [0.25, 0.3) is 0 Å². The Morgan fingerprint density at radius 1 is 1.33 bits per heavy atom.